The zero-order valence-electron chi connectivity index (χ0n) is 13.1. The Morgan fingerprint density at radius 3 is 2.86 bits per heavy atom. The zero-order chi connectivity index (χ0) is 14.8. The first-order valence-corrected chi connectivity index (χ1v) is 9.00. The summed E-state index contributed by atoms with van der Waals surface area (Å²) in [5, 5.41) is 1.38. The van der Waals surface area contributed by atoms with Crippen LogP contribution < -0.4 is 5.73 Å². The molecule has 0 spiro atoms. The van der Waals surface area contributed by atoms with Crippen molar-refractivity contribution in [2.24, 2.45) is 11.7 Å². The quantitative estimate of drug-likeness (QED) is 0.886. The molecular formula is C18H26N2S. The molecular weight excluding hydrogens is 276 g/mol. The fourth-order valence-corrected chi connectivity index (χ4v) is 5.03. The van der Waals surface area contributed by atoms with Gasteiger partial charge in [0.05, 0.1) is 0 Å². The Balaban J connectivity index is 1.85. The molecule has 3 atom stereocenters. The topological polar surface area (TPSA) is 29.3 Å². The Bertz CT molecular complexity index is 559. The minimum Gasteiger partial charge on any atom is -0.330 e. The fourth-order valence-electron chi connectivity index (χ4n) is 3.90. The Hall–Kier alpha value is -0.900. The first kappa shape index (κ1) is 15.0. The highest BCUT2D eigenvalue weighted by Crippen LogP contribution is 2.38. The number of rotatable bonds is 5. The maximum atomic E-state index is 5.99. The van der Waals surface area contributed by atoms with E-state index in [1.165, 1.54) is 34.2 Å². The van der Waals surface area contributed by atoms with E-state index in [0.717, 1.165) is 13.1 Å². The third-order valence-electron chi connectivity index (χ3n) is 5.07. The highest BCUT2D eigenvalue weighted by Gasteiger charge is 2.33. The van der Waals surface area contributed by atoms with Gasteiger partial charge >= 0.3 is 0 Å². The Morgan fingerprint density at radius 1 is 1.33 bits per heavy atom. The van der Waals surface area contributed by atoms with Gasteiger partial charge in [-0.25, -0.2) is 0 Å². The number of fused-ring (bicyclic) bond motifs is 1. The van der Waals surface area contributed by atoms with Crippen LogP contribution in [0.1, 0.15) is 44.0 Å². The van der Waals surface area contributed by atoms with Gasteiger partial charge in [-0.15, -0.1) is 11.3 Å². The second kappa shape index (κ2) is 6.47. The second-order valence-corrected chi connectivity index (χ2v) is 7.30. The van der Waals surface area contributed by atoms with Gasteiger partial charge in [-0.3, -0.25) is 4.90 Å². The second-order valence-electron chi connectivity index (χ2n) is 6.19. The van der Waals surface area contributed by atoms with Crippen LogP contribution in [0.25, 0.3) is 10.1 Å². The molecule has 3 heteroatoms. The summed E-state index contributed by atoms with van der Waals surface area (Å²) in [6.07, 6.45) is 3.95. The van der Waals surface area contributed by atoms with E-state index in [1.54, 1.807) is 0 Å². The van der Waals surface area contributed by atoms with Crippen LogP contribution in [-0.4, -0.2) is 24.0 Å². The maximum absolute atomic E-state index is 5.99. The van der Waals surface area contributed by atoms with E-state index in [0.29, 0.717) is 18.0 Å². The van der Waals surface area contributed by atoms with Gasteiger partial charge < -0.3 is 5.73 Å². The van der Waals surface area contributed by atoms with Gasteiger partial charge in [0.15, 0.2) is 0 Å². The van der Waals surface area contributed by atoms with Crippen molar-refractivity contribution in [1.82, 2.24) is 4.90 Å². The number of thiophene rings is 1. The molecule has 3 rings (SSSR count). The van der Waals surface area contributed by atoms with Crippen LogP contribution in [0.15, 0.2) is 30.3 Å². The molecule has 0 radical (unpaired) electrons. The van der Waals surface area contributed by atoms with Crippen LogP contribution >= 0.6 is 11.3 Å². The molecule has 114 valence electrons. The molecule has 2 aromatic rings. The lowest BCUT2D eigenvalue weighted by atomic mass is 10.0. The lowest BCUT2D eigenvalue weighted by Crippen LogP contribution is -2.41. The predicted octanol–water partition coefficient (Wildman–Crippen LogP) is 4.41. The van der Waals surface area contributed by atoms with Crippen molar-refractivity contribution >= 4 is 21.4 Å². The lowest BCUT2D eigenvalue weighted by Gasteiger charge is -2.36. The largest absolute Gasteiger partial charge is 0.330 e. The minimum atomic E-state index is 0.490. The Labute approximate surface area is 131 Å². The van der Waals surface area contributed by atoms with Crippen molar-refractivity contribution < 1.29 is 0 Å². The summed E-state index contributed by atoms with van der Waals surface area (Å²) in [5.41, 5.74) is 5.99. The zero-order valence-corrected chi connectivity index (χ0v) is 13.9. The first-order valence-electron chi connectivity index (χ1n) is 8.19. The van der Waals surface area contributed by atoms with Gasteiger partial charge in [0, 0.05) is 21.7 Å². The van der Waals surface area contributed by atoms with Crippen molar-refractivity contribution in [3.63, 3.8) is 0 Å². The number of benzene rings is 1. The van der Waals surface area contributed by atoms with Crippen LogP contribution in [0, 0.1) is 5.92 Å². The van der Waals surface area contributed by atoms with E-state index in [-0.39, 0.29) is 0 Å². The molecule has 1 fully saturated rings. The summed E-state index contributed by atoms with van der Waals surface area (Å²) in [6, 6.07) is 12.2. The molecule has 2 nitrogen and oxygen atoms in total. The highest BCUT2D eigenvalue weighted by molar-refractivity contribution is 7.19. The lowest BCUT2D eigenvalue weighted by molar-refractivity contribution is 0.125. The summed E-state index contributed by atoms with van der Waals surface area (Å²) in [6.45, 7) is 6.59. The Kier molecular flexibility index (Phi) is 4.63. The molecule has 1 aliphatic rings. The van der Waals surface area contributed by atoms with Gasteiger partial charge in [-0.2, -0.15) is 0 Å². The van der Waals surface area contributed by atoms with Crippen LogP contribution in [-0.2, 0) is 0 Å². The minimum absolute atomic E-state index is 0.490. The van der Waals surface area contributed by atoms with E-state index < -0.39 is 0 Å². The van der Waals surface area contributed by atoms with Crippen LogP contribution in [0.2, 0.25) is 0 Å². The molecule has 0 saturated heterocycles. The standard InChI is InChI=1S/C18H26N2S/c1-3-20(16-9-6-8-15(16)12-19)13(2)18-11-14-7-4-5-10-17(14)21-18/h4-5,7,10-11,13,15-16H,3,6,8-9,12,19H2,1-2H3. The van der Waals surface area contributed by atoms with Gasteiger partial charge in [0.2, 0.25) is 0 Å². The highest BCUT2D eigenvalue weighted by atomic mass is 32.1. The summed E-state index contributed by atoms with van der Waals surface area (Å²) in [7, 11) is 0. The molecule has 1 aromatic carbocycles. The summed E-state index contributed by atoms with van der Waals surface area (Å²) < 4.78 is 1.40. The molecule has 21 heavy (non-hydrogen) atoms. The third-order valence-corrected chi connectivity index (χ3v) is 6.35. The van der Waals surface area contributed by atoms with E-state index in [9.17, 15) is 0 Å². The van der Waals surface area contributed by atoms with E-state index in [4.69, 9.17) is 5.73 Å². The number of hydrogen-bond donors (Lipinski definition) is 1. The molecule has 2 N–H and O–H groups in total. The van der Waals surface area contributed by atoms with Crippen molar-refractivity contribution in [3.8, 4) is 0 Å². The maximum Gasteiger partial charge on any atom is 0.0416 e. The van der Waals surface area contributed by atoms with Crippen molar-refractivity contribution in [1.29, 1.82) is 0 Å². The van der Waals surface area contributed by atoms with Gasteiger partial charge in [0.25, 0.3) is 0 Å². The van der Waals surface area contributed by atoms with Gasteiger partial charge in [0.1, 0.15) is 0 Å². The number of nitrogens with two attached hydrogens (primary N) is 1. The van der Waals surface area contributed by atoms with Gasteiger partial charge in [-0.1, -0.05) is 31.5 Å². The van der Waals surface area contributed by atoms with Crippen molar-refractivity contribution in [2.45, 2.75) is 45.2 Å². The van der Waals surface area contributed by atoms with Gasteiger partial charge in [-0.05, 0) is 56.3 Å². The molecule has 1 heterocycles. The molecule has 0 aliphatic heterocycles. The van der Waals surface area contributed by atoms with E-state index in [2.05, 4.69) is 49.1 Å². The smallest absolute Gasteiger partial charge is 0.0416 e. The average molecular weight is 302 g/mol. The molecule has 1 aromatic heterocycles. The monoisotopic (exact) mass is 302 g/mol. The number of nitrogens with zero attached hydrogens (tertiary/aromatic N) is 1. The molecule has 1 aliphatic carbocycles. The summed E-state index contributed by atoms with van der Waals surface area (Å²) in [5.74, 6) is 0.682. The normalized spacial score (nSPS) is 24.0. The average Bonchev–Trinajstić information content (AvgIpc) is 3.14. The van der Waals surface area contributed by atoms with Crippen molar-refractivity contribution in [2.75, 3.05) is 13.1 Å². The first-order chi connectivity index (χ1) is 10.2. The van der Waals surface area contributed by atoms with Crippen molar-refractivity contribution in [3.05, 3.63) is 35.2 Å². The number of hydrogen-bond acceptors (Lipinski definition) is 3. The molecule has 3 unspecified atom stereocenters. The molecule has 0 bridgehead atoms. The molecule has 1 saturated carbocycles. The van der Waals surface area contributed by atoms with E-state index in [1.807, 2.05) is 11.3 Å². The summed E-state index contributed by atoms with van der Waals surface area (Å²) in [4.78, 5) is 4.16. The van der Waals surface area contributed by atoms with E-state index >= 15 is 0 Å². The van der Waals surface area contributed by atoms with Crippen LogP contribution in [0.3, 0.4) is 0 Å². The fraction of sp³-hybridized carbons (Fsp3) is 0.556. The summed E-state index contributed by atoms with van der Waals surface area (Å²) >= 11 is 1.94. The predicted molar refractivity (Wildman–Crippen MR) is 92.8 cm³/mol. The van der Waals surface area contributed by atoms with Crippen LogP contribution in [0.5, 0.6) is 0 Å². The third kappa shape index (κ3) is 2.87. The van der Waals surface area contributed by atoms with Crippen LogP contribution in [0.4, 0.5) is 0 Å². The Morgan fingerprint density at radius 2 is 2.14 bits per heavy atom. The SMILES string of the molecule is CCN(C(C)c1cc2ccccc2s1)C1CCCC1CN. The molecule has 0 amide bonds.